The Bertz CT molecular complexity index is 927. The normalized spacial score (nSPS) is 24.2. The van der Waals surface area contributed by atoms with Crippen LogP contribution in [0.1, 0.15) is 5.56 Å². The van der Waals surface area contributed by atoms with E-state index >= 15 is 0 Å². The predicted molar refractivity (Wildman–Crippen MR) is 111 cm³/mol. The van der Waals surface area contributed by atoms with Crippen LogP contribution in [0.4, 0.5) is 5.82 Å². The van der Waals surface area contributed by atoms with E-state index < -0.39 is 0 Å². The van der Waals surface area contributed by atoms with E-state index in [9.17, 15) is 5.11 Å². The van der Waals surface area contributed by atoms with Gasteiger partial charge >= 0.3 is 0 Å². The molecule has 0 aliphatic carbocycles. The molecule has 4 heterocycles. The van der Waals surface area contributed by atoms with Crippen LogP contribution < -0.4 is 4.90 Å². The van der Waals surface area contributed by atoms with Crippen molar-refractivity contribution < 1.29 is 5.11 Å². The molecule has 0 unspecified atom stereocenters. The summed E-state index contributed by atoms with van der Waals surface area (Å²) in [7, 11) is 0. The molecule has 1 aromatic carbocycles. The van der Waals surface area contributed by atoms with Crippen LogP contribution in [0.5, 0.6) is 0 Å². The van der Waals surface area contributed by atoms with Crippen LogP contribution in [-0.2, 0) is 6.54 Å². The second-order valence-electron chi connectivity index (χ2n) is 7.63. The van der Waals surface area contributed by atoms with Crippen LogP contribution in [0.15, 0.2) is 42.6 Å². The molecule has 8 heteroatoms. The predicted octanol–water partition coefficient (Wildman–Crippen LogP) is 1.45. The Hall–Kier alpha value is -2.13. The molecule has 0 saturated carbocycles. The van der Waals surface area contributed by atoms with Crippen LogP contribution in [0, 0.1) is 0 Å². The van der Waals surface area contributed by atoms with E-state index in [0.29, 0.717) is 0 Å². The fourth-order valence-electron chi connectivity index (χ4n) is 4.34. The number of benzene rings is 1. The maximum absolute atomic E-state index is 10.7. The first-order valence-corrected chi connectivity index (χ1v) is 10.5. The van der Waals surface area contributed by atoms with Gasteiger partial charge in [0.05, 0.1) is 17.8 Å². The highest BCUT2D eigenvalue weighted by Gasteiger charge is 2.36. The monoisotopic (exact) mass is 396 g/mol. The highest BCUT2D eigenvalue weighted by molar-refractivity contribution is 7.00. The number of aromatic nitrogens is 3. The van der Waals surface area contributed by atoms with Gasteiger partial charge in [-0.05, 0) is 29.8 Å². The van der Waals surface area contributed by atoms with Crippen molar-refractivity contribution in [3.63, 3.8) is 0 Å². The van der Waals surface area contributed by atoms with Gasteiger partial charge in [0.2, 0.25) is 0 Å². The van der Waals surface area contributed by atoms with E-state index in [1.807, 2.05) is 24.4 Å². The number of piperazine rings is 1. The Morgan fingerprint density at radius 3 is 2.68 bits per heavy atom. The Labute approximate surface area is 168 Å². The fourth-order valence-corrected chi connectivity index (χ4v) is 4.86. The van der Waals surface area contributed by atoms with Crippen molar-refractivity contribution in [1.82, 2.24) is 23.5 Å². The van der Waals surface area contributed by atoms with Gasteiger partial charge in [0.1, 0.15) is 16.9 Å². The standard InChI is InChI=1S/C20H24N6OS/c27-19-14-24(12-15-4-5-16-17(11-15)23-28-22-16)13-18(19)25-7-9-26(10-8-25)20-3-1-2-6-21-20/h1-6,11,18-19,27H,7-10,12-14H2/t18-,19-/m0/s1. The van der Waals surface area contributed by atoms with Gasteiger partial charge < -0.3 is 10.0 Å². The summed E-state index contributed by atoms with van der Waals surface area (Å²) in [5.41, 5.74) is 3.15. The van der Waals surface area contributed by atoms with Gasteiger partial charge in [0.25, 0.3) is 0 Å². The average molecular weight is 397 g/mol. The quantitative estimate of drug-likeness (QED) is 0.716. The van der Waals surface area contributed by atoms with Gasteiger partial charge in [-0.2, -0.15) is 8.75 Å². The number of fused-ring (bicyclic) bond motifs is 1. The van der Waals surface area contributed by atoms with Crippen molar-refractivity contribution in [2.24, 2.45) is 0 Å². The summed E-state index contributed by atoms with van der Waals surface area (Å²) in [6.45, 7) is 6.29. The number of β-amino-alcohol motifs (C(OH)–C–C–N with tert-alkyl or cyclic N) is 1. The molecule has 0 amide bonds. The summed E-state index contributed by atoms with van der Waals surface area (Å²) in [4.78, 5) is 11.6. The van der Waals surface area contributed by atoms with E-state index in [0.717, 1.165) is 62.7 Å². The minimum Gasteiger partial charge on any atom is -0.390 e. The largest absolute Gasteiger partial charge is 0.390 e. The Morgan fingerprint density at radius 1 is 1.00 bits per heavy atom. The summed E-state index contributed by atoms with van der Waals surface area (Å²) >= 11 is 1.25. The second kappa shape index (κ2) is 7.71. The lowest BCUT2D eigenvalue weighted by atomic mass is 10.1. The van der Waals surface area contributed by atoms with Crippen molar-refractivity contribution in [1.29, 1.82) is 0 Å². The third-order valence-corrected chi connectivity index (χ3v) is 6.37. The van der Waals surface area contributed by atoms with Crippen LogP contribution >= 0.6 is 11.7 Å². The summed E-state index contributed by atoms with van der Waals surface area (Å²) in [5.74, 6) is 1.04. The molecule has 3 aromatic rings. The zero-order valence-corrected chi connectivity index (χ0v) is 16.5. The number of rotatable bonds is 4. The van der Waals surface area contributed by atoms with E-state index in [1.165, 1.54) is 17.3 Å². The van der Waals surface area contributed by atoms with Gasteiger partial charge in [-0.25, -0.2) is 4.98 Å². The molecule has 146 valence electrons. The Balaban J connectivity index is 1.19. The third kappa shape index (κ3) is 3.60. The maximum atomic E-state index is 10.7. The molecule has 2 fully saturated rings. The van der Waals surface area contributed by atoms with Crippen LogP contribution in [0.3, 0.4) is 0 Å². The molecule has 1 N–H and O–H groups in total. The average Bonchev–Trinajstić information content (AvgIpc) is 3.35. The first-order valence-electron chi connectivity index (χ1n) is 9.78. The van der Waals surface area contributed by atoms with E-state index in [2.05, 4.69) is 46.6 Å². The smallest absolute Gasteiger partial charge is 0.128 e. The van der Waals surface area contributed by atoms with Gasteiger partial charge in [-0.3, -0.25) is 9.80 Å². The molecule has 2 aliphatic rings. The second-order valence-corrected chi connectivity index (χ2v) is 8.16. The number of anilines is 1. The lowest BCUT2D eigenvalue weighted by Gasteiger charge is -2.39. The molecule has 2 saturated heterocycles. The molecule has 0 bridgehead atoms. The minimum absolute atomic E-state index is 0.204. The highest BCUT2D eigenvalue weighted by atomic mass is 32.1. The van der Waals surface area contributed by atoms with Gasteiger partial charge in [0.15, 0.2) is 0 Å². The number of hydrogen-bond acceptors (Lipinski definition) is 8. The topological polar surface area (TPSA) is 68.6 Å². The number of aliphatic hydroxyl groups excluding tert-OH is 1. The highest BCUT2D eigenvalue weighted by Crippen LogP contribution is 2.22. The zero-order valence-electron chi connectivity index (χ0n) is 15.7. The van der Waals surface area contributed by atoms with Crippen molar-refractivity contribution in [2.45, 2.75) is 18.7 Å². The van der Waals surface area contributed by atoms with Crippen LogP contribution in [0.25, 0.3) is 11.0 Å². The molecule has 2 aliphatic heterocycles. The summed E-state index contributed by atoms with van der Waals surface area (Å²) in [6.07, 6.45) is 1.55. The number of pyridine rings is 1. The molecule has 0 radical (unpaired) electrons. The summed E-state index contributed by atoms with van der Waals surface area (Å²) in [6, 6.07) is 12.5. The molecule has 28 heavy (non-hydrogen) atoms. The van der Waals surface area contributed by atoms with Gasteiger partial charge in [0, 0.05) is 58.1 Å². The molecule has 0 spiro atoms. The minimum atomic E-state index is -0.300. The van der Waals surface area contributed by atoms with E-state index in [1.54, 1.807) is 0 Å². The van der Waals surface area contributed by atoms with Crippen molar-refractivity contribution in [3.8, 4) is 0 Å². The fraction of sp³-hybridized carbons (Fsp3) is 0.450. The molecule has 2 aromatic heterocycles. The lowest BCUT2D eigenvalue weighted by Crippen LogP contribution is -2.53. The first-order chi connectivity index (χ1) is 13.8. The number of aliphatic hydroxyl groups is 1. The van der Waals surface area contributed by atoms with Crippen molar-refractivity contribution >= 4 is 28.6 Å². The van der Waals surface area contributed by atoms with Gasteiger partial charge in [-0.1, -0.05) is 12.1 Å². The maximum Gasteiger partial charge on any atom is 0.128 e. The molecule has 5 rings (SSSR count). The molecule has 7 nitrogen and oxygen atoms in total. The Morgan fingerprint density at radius 2 is 1.86 bits per heavy atom. The van der Waals surface area contributed by atoms with E-state index in [4.69, 9.17) is 0 Å². The SMILES string of the molecule is O[C@H]1CN(Cc2ccc3nsnc3c2)C[C@@H]1N1CCN(c2ccccn2)CC1. The van der Waals surface area contributed by atoms with Gasteiger partial charge in [-0.15, -0.1) is 0 Å². The van der Waals surface area contributed by atoms with Crippen LogP contribution in [-0.4, -0.2) is 80.1 Å². The Kier molecular flexibility index (Phi) is 4.94. The van der Waals surface area contributed by atoms with Crippen molar-refractivity contribution in [2.75, 3.05) is 44.2 Å². The molecular weight excluding hydrogens is 372 g/mol. The van der Waals surface area contributed by atoms with E-state index in [-0.39, 0.29) is 12.1 Å². The number of nitrogens with zero attached hydrogens (tertiary/aromatic N) is 6. The summed E-state index contributed by atoms with van der Waals surface area (Å²) in [5, 5.41) is 10.7. The zero-order chi connectivity index (χ0) is 18.9. The van der Waals surface area contributed by atoms with Crippen molar-refractivity contribution in [3.05, 3.63) is 48.2 Å². The molecule has 2 atom stereocenters. The van der Waals surface area contributed by atoms with Crippen LogP contribution in [0.2, 0.25) is 0 Å². The third-order valence-electron chi connectivity index (χ3n) is 5.82. The number of hydrogen-bond donors (Lipinski definition) is 1. The summed E-state index contributed by atoms with van der Waals surface area (Å²) < 4.78 is 8.60. The first kappa shape index (κ1) is 17.9. The number of likely N-dealkylation sites (tertiary alicyclic amines) is 1. The molecular formula is C20H24N6OS. The lowest BCUT2D eigenvalue weighted by molar-refractivity contribution is 0.0790.